The molecular weight excluding hydrogens is 337 g/mol. The van der Waals surface area contributed by atoms with E-state index >= 15 is 0 Å². The second-order valence-corrected chi connectivity index (χ2v) is 8.91. The van der Waals surface area contributed by atoms with Crippen LogP contribution in [0.15, 0.2) is 29.2 Å². The van der Waals surface area contributed by atoms with E-state index in [2.05, 4.69) is 11.8 Å². The third-order valence-corrected chi connectivity index (χ3v) is 6.81. The highest BCUT2D eigenvalue weighted by molar-refractivity contribution is 7.91. The molecule has 0 saturated carbocycles. The van der Waals surface area contributed by atoms with Gasteiger partial charge < -0.3 is 14.6 Å². The van der Waals surface area contributed by atoms with Gasteiger partial charge in [-0.2, -0.15) is 0 Å². The minimum Gasteiger partial charge on any atom is -0.481 e. The van der Waals surface area contributed by atoms with Crippen molar-refractivity contribution in [2.45, 2.75) is 38.4 Å². The molecule has 25 heavy (non-hydrogen) atoms. The van der Waals surface area contributed by atoms with Gasteiger partial charge in [0, 0.05) is 0 Å². The first kappa shape index (κ1) is 19.8. The first-order chi connectivity index (χ1) is 11.8. The van der Waals surface area contributed by atoms with Crippen LogP contribution in [0.4, 0.5) is 0 Å². The van der Waals surface area contributed by atoms with Crippen LogP contribution in [0.2, 0.25) is 6.82 Å². The number of piperidine rings is 1. The summed E-state index contributed by atoms with van der Waals surface area (Å²) in [6, 6.07) is 6.53. The fourth-order valence-corrected chi connectivity index (χ4v) is 4.98. The van der Waals surface area contributed by atoms with E-state index in [1.807, 2.05) is 11.7 Å². The Morgan fingerprint density at radius 1 is 1.28 bits per heavy atom. The largest absolute Gasteiger partial charge is 0.481 e. The number of benzene rings is 1. The molecule has 1 heterocycles. The monoisotopic (exact) mass is 363 g/mol. The summed E-state index contributed by atoms with van der Waals surface area (Å²) in [5, 5.41) is 9.65. The maximum atomic E-state index is 12.8. The lowest BCUT2D eigenvalue weighted by atomic mass is 9.76. The molecule has 1 aromatic carbocycles. The molecule has 136 valence electrons. The minimum atomic E-state index is -3.36. The van der Waals surface area contributed by atoms with Gasteiger partial charge in [-0.1, -0.05) is 12.8 Å². The molecule has 0 aliphatic carbocycles. The zero-order chi connectivity index (χ0) is 18.5. The maximum absolute atomic E-state index is 12.8. The molecule has 0 aromatic heterocycles. The lowest BCUT2D eigenvalue weighted by Gasteiger charge is -2.39. The van der Waals surface area contributed by atoms with Crippen LogP contribution in [-0.2, 0) is 9.84 Å². The fourth-order valence-electron chi connectivity index (χ4n) is 3.06. The Bertz CT molecular complexity index is 727. The number of sulfone groups is 1. The van der Waals surface area contributed by atoms with Crippen molar-refractivity contribution in [3.05, 3.63) is 24.3 Å². The third kappa shape index (κ3) is 5.50. The van der Waals surface area contributed by atoms with Gasteiger partial charge in [0.15, 0.2) is 9.84 Å². The van der Waals surface area contributed by atoms with E-state index in [1.165, 1.54) is 0 Å². The predicted octanol–water partition coefficient (Wildman–Crippen LogP) is 2.07. The van der Waals surface area contributed by atoms with Crippen LogP contribution in [0.5, 0.6) is 5.75 Å². The SMILES string of the molecule is CC#CCOc1ccc(S(=O)(=O)CC2(C)CCN(B(C)O)CC2)cc1. The Labute approximate surface area is 151 Å². The molecule has 0 bridgehead atoms. The quantitative estimate of drug-likeness (QED) is 0.619. The smallest absolute Gasteiger partial charge is 0.376 e. The number of ether oxygens (including phenoxy) is 1. The summed E-state index contributed by atoms with van der Waals surface area (Å²) in [4.78, 5) is 2.29. The average Bonchev–Trinajstić information content (AvgIpc) is 2.55. The molecule has 7 heteroatoms. The molecular formula is C18H26BNO4S. The molecule has 1 aromatic rings. The van der Waals surface area contributed by atoms with E-state index < -0.39 is 16.9 Å². The molecule has 0 unspecified atom stereocenters. The van der Waals surface area contributed by atoms with Crippen molar-refractivity contribution in [3.63, 3.8) is 0 Å². The first-order valence-corrected chi connectivity index (χ1v) is 10.2. The summed E-state index contributed by atoms with van der Waals surface area (Å²) >= 11 is 0. The van der Waals surface area contributed by atoms with Gasteiger partial charge in [-0.25, -0.2) is 8.42 Å². The van der Waals surface area contributed by atoms with E-state index in [-0.39, 0.29) is 11.2 Å². The molecule has 0 amide bonds. The highest BCUT2D eigenvalue weighted by atomic mass is 32.2. The molecule has 1 fully saturated rings. The minimum absolute atomic E-state index is 0.120. The van der Waals surface area contributed by atoms with Gasteiger partial charge >= 0.3 is 7.05 Å². The van der Waals surface area contributed by atoms with Gasteiger partial charge in [-0.3, -0.25) is 0 Å². The zero-order valence-corrected chi connectivity index (χ0v) is 16.0. The van der Waals surface area contributed by atoms with Crippen molar-refractivity contribution in [1.29, 1.82) is 0 Å². The Morgan fingerprint density at radius 3 is 2.40 bits per heavy atom. The number of rotatable bonds is 6. The van der Waals surface area contributed by atoms with Crippen LogP contribution in [0.1, 0.15) is 26.7 Å². The Balaban J connectivity index is 2.02. The maximum Gasteiger partial charge on any atom is 0.376 e. The van der Waals surface area contributed by atoms with Crippen LogP contribution in [0.3, 0.4) is 0 Å². The summed E-state index contributed by atoms with van der Waals surface area (Å²) in [5.74, 6) is 6.27. The van der Waals surface area contributed by atoms with Crippen molar-refractivity contribution in [2.24, 2.45) is 5.41 Å². The van der Waals surface area contributed by atoms with E-state index in [1.54, 1.807) is 38.0 Å². The normalized spacial score (nSPS) is 17.4. The number of hydrogen-bond donors (Lipinski definition) is 1. The van der Waals surface area contributed by atoms with Gasteiger partial charge in [-0.15, -0.1) is 5.92 Å². The van der Waals surface area contributed by atoms with Gasteiger partial charge in [0.1, 0.15) is 12.4 Å². The summed E-state index contributed by atoms with van der Waals surface area (Å²) in [6.45, 7) is 7.23. The Hall–Kier alpha value is -1.49. The van der Waals surface area contributed by atoms with Crippen molar-refractivity contribution in [2.75, 3.05) is 25.4 Å². The van der Waals surface area contributed by atoms with Crippen molar-refractivity contribution in [3.8, 4) is 17.6 Å². The second-order valence-electron chi connectivity index (χ2n) is 6.92. The van der Waals surface area contributed by atoms with Crippen molar-refractivity contribution < 1.29 is 18.2 Å². The topological polar surface area (TPSA) is 66.8 Å². The van der Waals surface area contributed by atoms with Crippen LogP contribution in [0.25, 0.3) is 0 Å². The van der Waals surface area contributed by atoms with Gasteiger partial charge in [0.05, 0.1) is 10.6 Å². The molecule has 2 rings (SSSR count). The van der Waals surface area contributed by atoms with Crippen LogP contribution < -0.4 is 4.74 Å². The third-order valence-electron chi connectivity index (χ3n) is 4.74. The molecule has 0 radical (unpaired) electrons. The van der Waals surface area contributed by atoms with Gasteiger partial charge in [0.2, 0.25) is 0 Å². The van der Waals surface area contributed by atoms with Crippen molar-refractivity contribution >= 4 is 16.9 Å². The van der Waals surface area contributed by atoms with Crippen LogP contribution in [-0.4, -0.2) is 50.8 Å². The first-order valence-electron chi connectivity index (χ1n) is 8.53. The number of nitrogens with zero attached hydrogens (tertiary/aromatic N) is 1. The summed E-state index contributed by atoms with van der Waals surface area (Å²) in [7, 11) is -3.84. The van der Waals surface area contributed by atoms with E-state index in [9.17, 15) is 13.4 Å². The number of hydrogen-bond acceptors (Lipinski definition) is 5. The average molecular weight is 363 g/mol. The molecule has 0 spiro atoms. The van der Waals surface area contributed by atoms with E-state index in [0.717, 1.165) is 25.9 Å². The summed E-state index contributed by atoms with van der Waals surface area (Å²) in [5.41, 5.74) is -0.268. The molecule has 1 aliphatic rings. The molecule has 5 nitrogen and oxygen atoms in total. The fraction of sp³-hybridized carbons (Fsp3) is 0.556. The second kappa shape index (κ2) is 8.26. The molecule has 1 N–H and O–H groups in total. The molecule has 0 atom stereocenters. The summed E-state index contributed by atoms with van der Waals surface area (Å²) < 4.78 is 31.0. The molecule has 1 aliphatic heterocycles. The van der Waals surface area contributed by atoms with Gasteiger partial charge in [-0.05, 0) is 69.4 Å². The van der Waals surface area contributed by atoms with E-state index in [0.29, 0.717) is 17.3 Å². The van der Waals surface area contributed by atoms with E-state index in [4.69, 9.17) is 4.74 Å². The van der Waals surface area contributed by atoms with Crippen LogP contribution >= 0.6 is 0 Å². The Kier molecular flexibility index (Phi) is 6.56. The predicted molar refractivity (Wildman–Crippen MR) is 100 cm³/mol. The zero-order valence-electron chi connectivity index (χ0n) is 15.2. The van der Waals surface area contributed by atoms with Gasteiger partial charge in [0.25, 0.3) is 0 Å². The highest BCUT2D eigenvalue weighted by Gasteiger charge is 2.36. The highest BCUT2D eigenvalue weighted by Crippen LogP contribution is 2.34. The standard InChI is InChI=1S/C18H26BNO4S/c1-4-5-14-24-16-6-8-17(9-7-16)25(22,23)15-18(2)10-12-20(13-11-18)19(3)21/h6-9,21H,10-15H2,1-3H3. The lowest BCUT2D eigenvalue weighted by molar-refractivity contribution is 0.184. The Morgan fingerprint density at radius 2 is 1.88 bits per heavy atom. The lowest BCUT2D eigenvalue weighted by Crippen LogP contribution is -2.47. The van der Waals surface area contributed by atoms with Crippen LogP contribution in [0, 0.1) is 17.3 Å². The molecule has 1 saturated heterocycles. The summed E-state index contributed by atoms with van der Waals surface area (Å²) in [6.07, 6.45) is 1.52. The van der Waals surface area contributed by atoms with Crippen molar-refractivity contribution in [1.82, 2.24) is 4.81 Å².